The smallest absolute Gasteiger partial charge is 0.242 e. The lowest BCUT2D eigenvalue weighted by Crippen LogP contribution is -2.42. The molecule has 2 amide bonds. The molecule has 0 radical (unpaired) electrons. The fourth-order valence-corrected chi connectivity index (χ4v) is 2.81. The summed E-state index contributed by atoms with van der Waals surface area (Å²) in [6, 6.07) is 4.67. The Bertz CT molecular complexity index is 578. The van der Waals surface area contributed by atoms with Gasteiger partial charge in [-0.25, -0.2) is 4.39 Å². The number of carbonyl (C=O) groups is 2. The first-order chi connectivity index (χ1) is 9.54. The van der Waals surface area contributed by atoms with E-state index in [0.717, 1.165) is 12.0 Å². The Morgan fingerprint density at radius 3 is 2.90 bits per heavy atom. The van der Waals surface area contributed by atoms with Crippen molar-refractivity contribution in [3.05, 3.63) is 34.1 Å². The number of hydrogen-bond donors (Lipinski definition) is 2. The second-order valence-corrected chi connectivity index (χ2v) is 6.14. The molecule has 2 fully saturated rings. The van der Waals surface area contributed by atoms with Gasteiger partial charge in [0.05, 0.1) is 4.47 Å². The van der Waals surface area contributed by atoms with Crippen LogP contribution in [0.5, 0.6) is 0 Å². The molecule has 1 aromatic rings. The third-order valence-electron chi connectivity index (χ3n) is 3.80. The highest BCUT2D eigenvalue weighted by molar-refractivity contribution is 9.10. The van der Waals surface area contributed by atoms with Gasteiger partial charge in [0.15, 0.2) is 0 Å². The fourth-order valence-electron chi connectivity index (χ4n) is 2.56. The molecule has 1 aliphatic heterocycles. The van der Waals surface area contributed by atoms with E-state index in [1.165, 1.54) is 6.07 Å². The average Bonchev–Trinajstić information content (AvgIpc) is 3.03. The van der Waals surface area contributed by atoms with Crippen LogP contribution in [0.2, 0.25) is 0 Å². The van der Waals surface area contributed by atoms with Crippen molar-refractivity contribution in [2.45, 2.75) is 37.3 Å². The average molecular weight is 341 g/mol. The third-order valence-corrected chi connectivity index (χ3v) is 4.44. The Morgan fingerprint density at radius 1 is 1.45 bits per heavy atom. The van der Waals surface area contributed by atoms with Crippen LogP contribution in [0.1, 0.15) is 30.7 Å². The number of carbonyl (C=O) groups excluding carboxylic acids is 2. The molecule has 2 N–H and O–H groups in total. The van der Waals surface area contributed by atoms with E-state index in [2.05, 4.69) is 26.6 Å². The molecule has 3 atom stereocenters. The summed E-state index contributed by atoms with van der Waals surface area (Å²) in [5, 5.41) is 5.55. The summed E-state index contributed by atoms with van der Waals surface area (Å²) in [6.07, 6.45) is 1.77. The van der Waals surface area contributed by atoms with Crippen molar-refractivity contribution in [2.75, 3.05) is 0 Å². The Kier molecular flexibility index (Phi) is 3.50. The molecule has 1 unspecified atom stereocenters. The highest BCUT2D eigenvalue weighted by Gasteiger charge is 2.41. The second-order valence-electron chi connectivity index (χ2n) is 5.29. The Morgan fingerprint density at radius 2 is 2.25 bits per heavy atom. The largest absolute Gasteiger partial charge is 0.351 e. The van der Waals surface area contributed by atoms with Gasteiger partial charge in [0.25, 0.3) is 0 Å². The minimum atomic E-state index is -0.412. The maximum Gasteiger partial charge on any atom is 0.242 e. The van der Waals surface area contributed by atoms with E-state index in [4.69, 9.17) is 0 Å². The van der Waals surface area contributed by atoms with E-state index in [-0.39, 0.29) is 29.6 Å². The number of rotatable bonds is 3. The standard InChI is InChI=1S/C14H14BrFN2O2/c15-9-2-1-7(5-10(9)16)8-6-12(8)18-14(20)11-3-4-13(19)17-11/h1-2,5,8,11-12H,3-4,6H2,(H,17,19)(H,18,20)/t8-,11?,12+/m0/s1. The molecule has 20 heavy (non-hydrogen) atoms. The van der Waals surface area contributed by atoms with Crippen LogP contribution in [0.15, 0.2) is 22.7 Å². The van der Waals surface area contributed by atoms with Crippen LogP contribution in [-0.4, -0.2) is 23.9 Å². The Balaban J connectivity index is 1.57. The SMILES string of the molecule is O=C1CCC(C(=O)N[C@@H]2C[C@H]2c2ccc(Br)c(F)c2)N1. The molecule has 2 aliphatic rings. The second kappa shape index (κ2) is 5.16. The van der Waals surface area contributed by atoms with Gasteiger partial charge in [0, 0.05) is 18.4 Å². The van der Waals surface area contributed by atoms with Gasteiger partial charge in [-0.1, -0.05) is 6.07 Å². The van der Waals surface area contributed by atoms with Gasteiger partial charge in [0.1, 0.15) is 11.9 Å². The van der Waals surface area contributed by atoms with E-state index < -0.39 is 6.04 Å². The molecule has 1 heterocycles. The lowest BCUT2D eigenvalue weighted by molar-refractivity contribution is -0.125. The summed E-state index contributed by atoms with van der Waals surface area (Å²) in [5.74, 6) is -0.338. The summed E-state index contributed by atoms with van der Waals surface area (Å²) in [4.78, 5) is 23.0. The minimum absolute atomic E-state index is 0.0422. The minimum Gasteiger partial charge on any atom is -0.351 e. The molecule has 6 heteroatoms. The molecule has 1 aromatic carbocycles. The van der Waals surface area contributed by atoms with Gasteiger partial charge in [-0.2, -0.15) is 0 Å². The van der Waals surface area contributed by atoms with Gasteiger partial charge in [0.2, 0.25) is 11.8 Å². The lowest BCUT2D eigenvalue weighted by Gasteiger charge is -2.10. The Hall–Kier alpha value is -1.43. The molecule has 0 aromatic heterocycles. The maximum atomic E-state index is 13.5. The first-order valence-electron chi connectivity index (χ1n) is 6.59. The van der Waals surface area contributed by atoms with E-state index >= 15 is 0 Å². The molecular weight excluding hydrogens is 327 g/mol. The monoisotopic (exact) mass is 340 g/mol. The highest BCUT2D eigenvalue weighted by atomic mass is 79.9. The maximum absolute atomic E-state index is 13.5. The van der Waals surface area contributed by atoms with Gasteiger partial charge in [-0.05, 0) is 46.5 Å². The molecule has 1 saturated carbocycles. The molecule has 0 spiro atoms. The number of hydrogen-bond acceptors (Lipinski definition) is 2. The summed E-state index contributed by atoms with van der Waals surface area (Å²) in [6.45, 7) is 0. The topological polar surface area (TPSA) is 58.2 Å². The number of halogens is 2. The normalized spacial score (nSPS) is 28.1. The van der Waals surface area contributed by atoms with Gasteiger partial charge >= 0.3 is 0 Å². The van der Waals surface area contributed by atoms with Crippen LogP contribution in [0, 0.1) is 5.82 Å². The van der Waals surface area contributed by atoms with E-state index in [0.29, 0.717) is 17.3 Å². The zero-order valence-electron chi connectivity index (χ0n) is 10.7. The van der Waals surface area contributed by atoms with Crippen LogP contribution < -0.4 is 10.6 Å². The molecule has 3 rings (SSSR count). The number of nitrogens with one attached hydrogen (secondary N) is 2. The molecule has 106 valence electrons. The summed E-state index contributed by atoms with van der Waals surface area (Å²) in [5.41, 5.74) is 0.895. The zero-order chi connectivity index (χ0) is 14.3. The number of amides is 2. The zero-order valence-corrected chi connectivity index (χ0v) is 12.2. The molecule has 1 aliphatic carbocycles. The van der Waals surface area contributed by atoms with Crippen LogP contribution in [0.3, 0.4) is 0 Å². The predicted molar refractivity (Wildman–Crippen MR) is 74.6 cm³/mol. The van der Waals surface area contributed by atoms with Gasteiger partial charge in [-0.3, -0.25) is 9.59 Å². The van der Waals surface area contributed by atoms with Crippen molar-refractivity contribution < 1.29 is 14.0 Å². The van der Waals surface area contributed by atoms with Crippen molar-refractivity contribution in [1.82, 2.24) is 10.6 Å². The van der Waals surface area contributed by atoms with Crippen molar-refractivity contribution in [2.24, 2.45) is 0 Å². The quantitative estimate of drug-likeness (QED) is 0.882. The summed E-state index contributed by atoms with van der Waals surface area (Å²) < 4.78 is 13.9. The van der Waals surface area contributed by atoms with E-state index in [9.17, 15) is 14.0 Å². The van der Waals surface area contributed by atoms with Crippen LogP contribution in [0.25, 0.3) is 0 Å². The summed E-state index contributed by atoms with van der Waals surface area (Å²) in [7, 11) is 0. The van der Waals surface area contributed by atoms with Crippen molar-refractivity contribution >= 4 is 27.7 Å². The number of benzene rings is 1. The van der Waals surface area contributed by atoms with E-state index in [1.54, 1.807) is 6.07 Å². The molecular formula is C14H14BrFN2O2. The van der Waals surface area contributed by atoms with Crippen LogP contribution in [0.4, 0.5) is 4.39 Å². The van der Waals surface area contributed by atoms with Crippen LogP contribution in [-0.2, 0) is 9.59 Å². The van der Waals surface area contributed by atoms with Crippen molar-refractivity contribution in [3.8, 4) is 0 Å². The summed E-state index contributed by atoms with van der Waals surface area (Å²) >= 11 is 3.12. The third kappa shape index (κ3) is 2.70. The van der Waals surface area contributed by atoms with E-state index in [1.807, 2.05) is 6.07 Å². The van der Waals surface area contributed by atoms with Crippen LogP contribution >= 0.6 is 15.9 Å². The Labute approximate surface area is 124 Å². The van der Waals surface area contributed by atoms with Crippen molar-refractivity contribution in [3.63, 3.8) is 0 Å². The van der Waals surface area contributed by atoms with Gasteiger partial charge < -0.3 is 10.6 Å². The van der Waals surface area contributed by atoms with Gasteiger partial charge in [-0.15, -0.1) is 0 Å². The lowest BCUT2D eigenvalue weighted by atomic mass is 10.1. The first kappa shape index (κ1) is 13.5. The molecule has 4 nitrogen and oxygen atoms in total. The predicted octanol–water partition coefficient (Wildman–Crippen LogP) is 1.84. The van der Waals surface area contributed by atoms with Crippen molar-refractivity contribution in [1.29, 1.82) is 0 Å². The first-order valence-corrected chi connectivity index (χ1v) is 7.38. The highest BCUT2D eigenvalue weighted by Crippen LogP contribution is 2.41. The fraction of sp³-hybridized carbons (Fsp3) is 0.429. The molecule has 0 bridgehead atoms. The molecule has 1 saturated heterocycles.